The van der Waals surface area contributed by atoms with Crippen LogP contribution in [0.25, 0.3) is 0 Å². The monoisotopic (exact) mass is 302 g/mol. The molecule has 1 heterocycles. The van der Waals surface area contributed by atoms with Crippen molar-refractivity contribution >= 4 is 11.6 Å². The third-order valence-electron chi connectivity index (χ3n) is 4.97. The van der Waals surface area contributed by atoms with E-state index in [1.807, 2.05) is 0 Å². The van der Waals surface area contributed by atoms with Gasteiger partial charge >= 0.3 is 0 Å². The molecule has 1 amide bonds. The highest BCUT2D eigenvalue weighted by atomic mass is 16.2. The Bertz CT molecular complexity index is 480. The van der Waals surface area contributed by atoms with E-state index in [-0.39, 0.29) is 5.91 Å². The molecule has 2 unspecified atom stereocenters. The van der Waals surface area contributed by atoms with Crippen LogP contribution in [0.1, 0.15) is 58.1 Å². The molecule has 1 saturated heterocycles. The van der Waals surface area contributed by atoms with Gasteiger partial charge in [0, 0.05) is 17.8 Å². The van der Waals surface area contributed by atoms with E-state index in [0.29, 0.717) is 18.6 Å². The zero-order valence-electron chi connectivity index (χ0n) is 14.5. The second kappa shape index (κ2) is 7.77. The van der Waals surface area contributed by atoms with Crippen molar-refractivity contribution in [2.45, 2.75) is 71.9 Å². The van der Waals surface area contributed by atoms with E-state index in [9.17, 15) is 4.79 Å². The third kappa shape index (κ3) is 3.89. The minimum atomic E-state index is 0.121. The molecule has 1 aliphatic rings. The Labute approximate surface area is 135 Å². The van der Waals surface area contributed by atoms with Crippen LogP contribution in [-0.2, 0) is 17.6 Å². The number of likely N-dealkylation sites (tertiary alicyclic amines) is 1. The van der Waals surface area contributed by atoms with Crippen molar-refractivity contribution in [1.29, 1.82) is 0 Å². The van der Waals surface area contributed by atoms with Crippen molar-refractivity contribution in [2.75, 3.05) is 11.9 Å². The van der Waals surface area contributed by atoms with Gasteiger partial charge in [-0.25, -0.2) is 0 Å². The lowest BCUT2D eigenvalue weighted by Crippen LogP contribution is -2.47. The van der Waals surface area contributed by atoms with E-state index in [0.717, 1.165) is 18.5 Å². The zero-order valence-corrected chi connectivity index (χ0v) is 14.5. The van der Waals surface area contributed by atoms with Gasteiger partial charge in [0.2, 0.25) is 5.91 Å². The van der Waals surface area contributed by atoms with Gasteiger partial charge in [0.25, 0.3) is 0 Å². The molecule has 22 heavy (non-hydrogen) atoms. The Morgan fingerprint density at radius 2 is 1.68 bits per heavy atom. The maximum absolute atomic E-state index is 12.6. The van der Waals surface area contributed by atoms with Gasteiger partial charge in [-0.1, -0.05) is 38.5 Å². The second-order valence-corrected chi connectivity index (χ2v) is 6.51. The molecular formula is C19H30N2O. The summed E-state index contributed by atoms with van der Waals surface area (Å²) >= 11 is 0. The summed E-state index contributed by atoms with van der Waals surface area (Å²) in [6, 6.07) is 7.31. The van der Waals surface area contributed by atoms with E-state index in [1.54, 1.807) is 0 Å². The van der Waals surface area contributed by atoms with Crippen LogP contribution < -0.4 is 5.32 Å². The molecule has 1 aliphatic heterocycles. The SMILES string of the molecule is CCc1cccc(CC)c1NC(=O)CN1C(C)CCCC1C. The number of hydrogen-bond donors (Lipinski definition) is 1. The quantitative estimate of drug-likeness (QED) is 0.891. The number of aryl methyl sites for hydroxylation is 2. The van der Waals surface area contributed by atoms with E-state index in [1.165, 1.54) is 30.4 Å². The summed E-state index contributed by atoms with van der Waals surface area (Å²) in [5.74, 6) is 0.121. The van der Waals surface area contributed by atoms with Crippen molar-refractivity contribution < 1.29 is 4.79 Å². The number of piperidine rings is 1. The fourth-order valence-corrected chi connectivity index (χ4v) is 3.53. The first-order chi connectivity index (χ1) is 10.6. The van der Waals surface area contributed by atoms with Crippen LogP contribution in [0.15, 0.2) is 18.2 Å². The van der Waals surface area contributed by atoms with Crippen molar-refractivity contribution in [3.8, 4) is 0 Å². The molecule has 0 saturated carbocycles. The third-order valence-corrected chi connectivity index (χ3v) is 4.97. The van der Waals surface area contributed by atoms with E-state index in [4.69, 9.17) is 0 Å². The fraction of sp³-hybridized carbons (Fsp3) is 0.632. The largest absolute Gasteiger partial charge is 0.324 e. The molecule has 1 N–H and O–H groups in total. The number of benzene rings is 1. The smallest absolute Gasteiger partial charge is 0.238 e. The van der Waals surface area contributed by atoms with Gasteiger partial charge in [-0.15, -0.1) is 0 Å². The molecule has 1 aromatic rings. The molecule has 0 spiro atoms. The number of carbonyl (C=O) groups excluding carboxylic acids is 1. The van der Waals surface area contributed by atoms with E-state index < -0.39 is 0 Å². The van der Waals surface area contributed by atoms with Gasteiger partial charge in [0.05, 0.1) is 6.54 Å². The standard InChI is InChI=1S/C19H30N2O/c1-5-16-11-8-12-17(6-2)19(16)20-18(22)13-21-14(3)9-7-10-15(21)4/h8,11-12,14-15H,5-7,9-10,13H2,1-4H3,(H,20,22). The molecule has 0 aromatic heterocycles. The molecule has 122 valence electrons. The van der Waals surface area contributed by atoms with Crippen LogP contribution in [0.5, 0.6) is 0 Å². The molecule has 3 heteroatoms. The first-order valence-corrected chi connectivity index (χ1v) is 8.73. The molecule has 0 bridgehead atoms. The summed E-state index contributed by atoms with van der Waals surface area (Å²) in [6.07, 6.45) is 5.56. The lowest BCUT2D eigenvalue weighted by molar-refractivity contribution is -0.118. The number of amides is 1. The number of rotatable bonds is 5. The summed E-state index contributed by atoms with van der Waals surface area (Å²) in [4.78, 5) is 14.9. The van der Waals surface area contributed by atoms with Gasteiger partial charge in [-0.3, -0.25) is 9.69 Å². The predicted molar refractivity (Wildman–Crippen MR) is 93.3 cm³/mol. The highest BCUT2D eigenvalue weighted by Crippen LogP contribution is 2.24. The molecule has 1 aromatic carbocycles. The lowest BCUT2D eigenvalue weighted by Gasteiger charge is -2.38. The minimum Gasteiger partial charge on any atom is -0.324 e. The Morgan fingerprint density at radius 3 is 2.18 bits per heavy atom. The van der Waals surface area contributed by atoms with Crippen molar-refractivity contribution in [3.05, 3.63) is 29.3 Å². The Hall–Kier alpha value is -1.35. The number of nitrogens with one attached hydrogen (secondary N) is 1. The normalized spacial score (nSPS) is 22.5. The number of carbonyl (C=O) groups is 1. The summed E-state index contributed by atoms with van der Waals surface area (Å²) < 4.78 is 0. The average molecular weight is 302 g/mol. The topological polar surface area (TPSA) is 32.3 Å². The Morgan fingerprint density at radius 1 is 1.14 bits per heavy atom. The average Bonchev–Trinajstić information content (AvgIpc) is 2.51. The number of nitrogens with zero attached hydrogens (tertiary/aromatic N) is 1. The number of para-hydroxylation sites is 1. The predicted octanol–water partition coefficient (Wildman–Crippen LogP) is 4.01. The summed E-state index contributed by atoms with van der Waals surface area (Å²) in [5.41, 5.74) is 3.50. The van der Waals surface area contributed by atoms with Crippen molar-refractivity contribution in [2.24, 2.45) is 0 Å². The van der Waals surface area contributed by atoms with Crippen LogP contribution in [-0.4, -0.2) is 29.4 Å². The number of anilines is 1. The van der Waals surface area contributed by atoms with E-state index >= 15 is 0 Å². The highest BCUT2D eigenvalue weighted by Gasteiger charge is 2.26. The van der Waals surface area contributed by atoms with Crippen LogP contribution in [0.2, 0.25) is 0 Å². The van der Waals surface area contributed by atoms with Gasteiger partial charge in [-0.2, -0.15) is 0 Å². The molecular weight excluding hydrogens is 272 g/mol. The number of hydrogen-bond acceptors (Lipinski definition) is 2. The molecule has 0 aliphatic carbocycles. The molecule has 3 nitrogen and oxygen atoms in total. The van der Waals surface area contributed by atoms with Crippen LogP contribution >= 0.6 is 0 Å². The fourth-order valence-electron chi connectivity index (χ4n) is 3.53. The van der Waals surface area contributed by atoms with E-state index in [2.05, 4.69) is 56.1 Å². The maximum atomic E-state index is 12.6. The zero-order chi connectivity index (χ0) is 16.1. The summed E-state index contributed by atoms with van der Waals surface area (Å²) in [5, 5.41) is 3.19. The molecule has 2 atom stereocenters. The molecule has 1 fully saturated rings. The van der Waals surface area contributed by atoms with Gasteiger partial charge in [0.1, 0.15) is 0 Å². The van der Waals surface area contributed by atoms with Crippen LogP contribution in [0.4, 0.5) is 5.69 Å². The maximum Gasteiger partial charge on any atom is 0.238 e. The Kier molecular flexibility index (Phi) is 6.01. The molecule has 2 rings (SSSR count). The summed E-state index contributed by atoms with van der Waals surface area (Å²) in [6.45, 7) is 9.25. The first kappa shape index (κ1) is 17.0. The van der Waals surface area contributed by atoms with Crippen molar-refractivity contribution in [1.82, 2.24) is 4.90 Å². The van der Waals surface area contributed by atoms with Gasteiger partial charge < -0.3 is 5.32 Å². The second-order valence-electron chi connectivity index (χ2n) is 6.51. The van der Waals surface area contributed by atoms with Crippen LogP contribution in [0.3, 0.4) is 0 Å². The van der Waals surface area contributed by atoms with Gasteiger partial charge in [0.15, 0.2) is 0 Å². The van der Waals surface area contributed by atoms with Crippen molar-refractivity contribution in [3.63, 3.8) is 0 Å². The first-order valence-electron chi connectivity index (χ1n) is 8.73. The van der Waals surface area contributed by atoms with Crippen LogP contribution in [0, 0.1) is 0 Å². The minimum absolute atomic E-state index is 0.121. The lowest BCUT2D eigenvalue weighted by atomic mass is 9.97. The van der Waals surface area contributed by atoms with Gasteiger partial charge in [-0.05, 0) is 50.7 Å². The highest BCUT2D eigenvalue weighted by molar-refractivity contribution is 5.93. The molecule has 0 radical (unpaired) electrons. The summed E-state index contributed by atoms with van der Waals surface area (Å²) in [7, 11) is 0. The Balaban J connectivity index is 2.09.